The molecule has 0 saturated heterocycles. The van der Waals surface area contributed by atoms with Crippen LogP contribution >= 0.6 is 0 Å². The summed E-state index contributed by atoms with van der Waals surface area (Å²) >= 11 is 0. The molecule has 11 heteroatoms. The second-order valence-electron chi connectivity index (χ2n) is 4.36. The van der Waals surface area contributed by atoms with Crippen molar-refractivity contribution in [1.29, 1.82) is 0 Å². The maximum absolute atomic E-state index is 13.0. The van der Waals surface area contributed by atoms with Crippen LogP contribution in [0.4, 0.5) is 30.7 Å². The van der Waals surface area contributed by atoms with E-state index in [0.29, 0.717) is 24.0 Å². The van der Waals surface area contributed by atoms with Crippen molar-refractivity contribution in [3.8, 4) is 11.5 Å². The topological polar surface area (TPSA) is 42.8 Å². The lowest BCUT2D eigenvalue weighted by molar-refractivity contribution is -0.361. The first-order valence-corrected chi connectivity index (χ1v) is 6.39. The number of benzene rings is 1. The summed E-state index contributed by atoms with van der Waals surface area (Å²) in [6.45, 7) is 2.03. The summed E-state index contributed by atoms with van der Waals surface area (Å²) in [5.41, 5.74) is 0.631. The van der Waals surface area contributed by atoms with Gasteiger partial charge in [0.1, 0.15) is 0 Å². The van der Waals surface area contributed by atoms with Gasteiger partial charge in [-0.2, -0.15) is 35.8 Å². The van der Waals surface area contributed by atoms with Gasteiger partial charge < -0.3 is 9.47 Å². The Balaban J connectivity index is 2.91. The Labute approximate surface area is 132 Å². The Hall–Kier alpha value is -2.20. The smallest absolute Gasteiger partial charge is 0.462 e. The Kier molecular flexibility index (Phi) is 5.90. The molecule has 0 aliphatic heterocycles. The summed E-state index contributed by atoms with van der Waals surface area (Å²) < 4.78 is 97.2. The number of rotatable bonds is 7. The molecule has 0 aliphatic carbocycles. The molecular formula is C13H13F7N2O2. The second-order valence-corrected chi connectivity index (χ2v) is 4.36. The summed E-state index contributed by atoms with van der Waals surface area (Å²) in [6.07, 6.45) is -5.79. The molecule has 0 bridgehead atoms. The minimum absolute atomic E-state index is 0.105. The number of halogens is 7. The largest absolute Gasteiger partial charge is 0.493 e. The Morgan fingerprint density at radius 1 is 1.08 bits per heavy atom. The highest BCUT2D eigenvalue weighted by atomic mass is 19.4. The maximum atomic E-state index is 13.0. The molecule has 0 spiro atoms. The first kappa shape index (κ1) is 19.8. The third kappa shape index (κ3) is 4.20. The van der Waals surface area contributed by atoms with Gasteiger partial charge in [-0.15, -0.1) is 0 Å². The van der Waals surface area contributed by atoms with Crippen LogP contribution in [0.25, 0.3) is 0 Å². The predicted molar refractivity (Wildman–Crippen MR) is 70.8 cm³/mol. The van der Waals surface area contributed by atoms with E-state index in [2.05, 4.69) is 5.10 Å². The van der Waals surface area contributed by atoms with Gasteiger partial charge in [-0.05, 0) is 30.7 Å². The molecule has 0 atom stereocenters. The minimum atomic E-state index is -6.43. The normalized spacial score (nSPS) is 13.2. The van der Waals surface area contributed by atoms with Crippen molar-refractivity contribution in [2.75, 3.05) is 13.7 Å². The van der Waals surface area contributed by atoms with Crippen LogP contribution in [0, 0.1) is 0 Å². The van der Waals surface area contributed by atoms with Crippen molar-refractivity contribution < 1.29 is 40.2 Å². The Bertz CT molecular complexity index is 588. The molecule has 1 aromatic rings. The summed E-state index contributed by atoms with van der Waals surface area (Å²) in [7, 11) is 1.30. The fourth-order valence-corrected chi connectivity index (χ4v) is 1.48. The molecule has 1 N–H and O–H groups in total. The zero-order valence-electron chi connectivity index (χ0n) is 12.4. The Morgan fingerprint density at radius 2 is 1.71 bits per heavy atom. The lowest BCUT2D eigenvalue weighted by Crippen LogP contribution is -2.58. The second kappa shape index (κ2) is 7.14. The van der Waals surface area contributed by atoms with Crippen molar-refractivity contribution in [3.63, 3.8) is 0 Å². The van der Waals surface area contributed by atoms with Gasteiger partial charge in [0.25, 0.3) is 0 Å². The van der Waals surface area contributed by atoms with E-state index in [1.807, 2.05) is 0 Å². The third-order valence-corrected chi connectivity index (χ3v) is 2.66. The molecule has 0 aromatic heterocycles. The first-order valence-electron chi connectivity index (χ1n) is 6.39. The molecule has 0 aliphatic rings. The zero-order valence-corrected chi connectivity index (χ0v) is 12.4. The molecule has 136 valence electrons. The van der Waals surface area contributed by atoms with Gasteiger partial charge in [-0.3, -0.25) is 0 Å². The number of ether oxygens (including phenoxy) is 2. The minimum Gasteiger partial charge on any atom is -0.493 e. The average molecular weight is 362 g/mol. The van der Waals surface area contributed by atoms with Crippen LogP contribution in [0.1, 0.15) is 12.5 Å². The number of hydrogen-bond donors (Lipinski definition) is 1. The van der Waals surface area contributed by atoms with Crippen LogP contribution < -0.4 is 14.9 Å². The number of alkyl halides is 7. The van der Waals surface area contributed by atoms with Crippen molar-refractivity contribution in [3.05, 3.63) is 23.8 Å². The van der Waals surface area contributed by atoms with Crippen LogP contribution in [-0.4, -0.2) is 38.1 Å². The van der Waals surface area contributed by atoms with Gasteiger partial charge in [0.05, 0.1) is 19.9 Å². The highest BCUT2D eigenvalue weighted by molar-refractivity contribution is 5.80. The molecule has 0 fully saturated rings. The molecule has 0 heterocycles. The van der Waals surface area contributed by atoms with E-state index in [-0.39, 0.29) is 11.3 Å². The first-order chi connectivity index (χ1) is 11.0. The van der Waals surface area contributed by atoms with E-state index in [4.69, 9.17) is 9.47 Å². The number of hydrogen-bond acceptors (Lipinski definition) is 4. The average Bonchev–Trinajstić information content (AvgIpc) is 2.47. The summed E-state index contributed by atoms with van der Waals surface area (Å²) in [6, 6.07) is -1.63. The van der Waals surface area contributed by atoms with E-state index in [1.54, 1.807) is 6.92 Å². The number of nitrogens with one attached hydrogen (secondary N) is 1. The van der Waals surface area contributed by atoms with Gasteiger partial charge in [0.2, 0.25) is 0 Å². The molecule has 4 nitrogen and oxygen atoms in total. The SMILES string of the molecule is CCOc1ccc(/C=N/NC(F)(F)C(F)(F)C(F)(F)F)cc1OC. The molecule has 1 aromatic carbocycles. The standard InChI is InChI=1S/C13H13F7N2O2/c1-3-24-9-5-4-8(6-10(9)23-2)7-21-22-13(19,20)11(14,15)12(16,17)18/h4-7,22H,3H2,1-2H3/b21-7+. The van der Waals surface area contributed by atoms with Crippen molar-refractivity contribution in [2.24, 2.45) is 5.10 Å². The van der Waals surface area contributed by atoms with Crippen LogP contribution in [0.2, 0.25) is 0 Å². The summed E-state index contributed by atoms with van der Waals surface area (Å²) in [5, 5.41) is 2.74. The van der Waals surface area contributed by atoms with E-state index >= 15 is 0 Å². The van der Waals surface area contributed by atoms with Gasteiger partial charge in [0, 0.05) is 0 Å². The van der Waals surface area contributed by atoms with E-state index in [0.717, 1.165) is 0 Å². The van der Waals surface area contributed by atoms with Crippen LogP contribution in [0.15, 0.2) is 23.3 Å². The highest BCUT2D eigenvalue weighted by Crippen LogP contribution is 2.45. The zero-order chi connectivity index (χ0) is 18.6. The molecule has 0 amide bonds. The number of hydrazone groups is 1. The molecule has 0 radical (unpaired) electrons. The maximum Gasteiger partial charge on any atom is 0.462 e. The summed E-state index contributed by atoms with van der Waals surface area (Å²) in [4.78, 5) is 0. The van der Waals surface area contributed by atoms with Crippen LogP contribution in [0.5, 0.6) is 11.5 Å². The van der Waals surface area contributed by atoms with Crippen LogP contribution in [0.3, 0.4) is 0 Å². The quantitative estimate of drug-likeness (QED) is 0.347. The van der Waals surface area contributed by atoms with E-state index < -0.39 is 18.1 Å². The third-order valence-electron chi connectivity index (χ3n) is 2.66. The van der Waals surface area contributed by atoms with E-state index in [1.165, 1.54) is 25.3 Å². The van der Waals surface area contributed by atoms with E-state index in [9.17, 15) is 30.7 Å². The summed E-state index contributed by atoms with van der Waals surface area (Å²) in [5.74, 6) is -5.75. The van der Waals surface area contributed by atoms with Crippen molar-refractivity contribution >= 4 is 6.21 Å². The fraction of sp³-hybridized carbons (Fsp3) is 0.462. The van der Waals surface area contributed by atoms with Gasteiger partial charge in [-0.1, -0.05) is 0 Å². The lowest BCUT2D eigenvalue weighted by Gasteiger charge is -2.27. The molecular weight excluding hydrogens is 349 g/mol. The lowest BCUT2D eigenvalue weighted by atomic mass is 10.2. The number of methoxy groups -OCH3 is 1. The van der Waals surface area contributed by atoms with Gasteiger partial charge >= 0.3 is 18.1 Å². The Morgan fingerprint density at radius 3 is 2.21 bits per heavy atom. The molecule has 1 rings (SSSR count). The van der Waals surface area contributed by atoms with Crippen LogP contribution in [-0.2, 0) is 0 Å². The van der Waals surface area contributed by atoms with Crippen molar-refractivity contribution in [1.82, 2.24) is 5.43 Å². The molecule has 0 saturated carbocycles. The van der Waals surface area contributed by atoms with Gasteiger partial charge in [0.15, 0.2) is 11.5 Å². The van der Waals surface area contributed by atoms with Gasteiger partial charge in [-0.25, -0.2) is 5.43 Å². The fourth-order valence-electron chi connectivity index (χ4n) is 1.48. The highest BCUT2D eigenvalue weighted by Gasteiger charge is 2.73. The molecule has 24 heavy (non-hydrogen) atoms. The molecule has 0 unspecified atom stereocenters. The van der Waals surface area contributed by atoms with Crippen molar-refractivity contribution in [2.45, 2.75) is 25.1 Å². The predicted octanol–water partition coefficient (Wildman–Crippen LogP) is 3.81. The number of nitrogens with zero attached hydrogens (tertiary/aromatic N) is 1. The monoisotopic (exact) mass is 362 g/mol.